The summed E-state index contributed by atoms with van der Waals surface area (Å²) in [5.41, 5.74) is -0.579. The molecule has 0 aliphatic carbocycles. The van der Waals surface area contributed by atoms with Gasteiger partial charge in [-0.05, 0) is 6.92 Å². The summed E-state index contributed by atoms with van der Waals surface area (Å²) in [4.78, 5) is 0. The zero-order chi connectivity index (χ0) is 11.7. The molecule has 14 heavy (non-hydrogen) atoms. The molecular formula is C7H8F6O. The normalized spacial score (nSPS) is 15.8. The Bertz CT molecular complexity index is 201. The van der Waals surface area contributed by atoms with E-state index in [1.54, 1.807) is 0 Å². The number of alkyl halides is 6. The lowest BCUT2D eigenvalue weighted by Crippen LogP contribution is -2.45. The van der Waals surface area contributed by atoms with Crippen molar-refractivity contribution in [3.8, 4) is 0 Å². The van der Waals surface area contributed by atoms with Gasteiger partial charge in [-0.15, -0.1) is 0 Å². The van der Waals surface area contributed by atoms with Gasteiger partial charge in [-0.1, -0.05) is 12.2 Å². The third-order valence-corrected chi connectivity index (χ3v) is 1.53. The lowest BCUT2D eigenvalue weighted by Gasteiger charge is -2.27. The van der Waals surface area contributed by atoms with E-state index in [1.807, 2.05) is 0 Å². The van der Waals surface area contributed by atoms with Crippen molar-refractivity contribution in [1.82, 2.24) is 0 Å². The minimum absolute atomic E-state index is 0.579. The fourth-order valence-corrected chi connectivity index (χ4v) is 0.828. The summed E-state index contributed by atoms with van der Waals surface area (Å²) in [6.07, 6.45) is -13.7. The Labute approximate surface area is 76.0 Å². The van der Waals surface area contributed by atoms with Gasteiger partial charge in [0, 0.05) is 0 Å². The van der Waals surface area contributed by atoms with E-state index < -0.39 is 29.9 Å². The van der Waals surface area contributed by atoms with Gasteiger partial charge < -0.3 is 5.11 Å². The smallest absolute Gasteiger partial charge is 0.388 e. The molecule has 0 aromatic heterocycles. The topological polar surface area (TPSA) is 20.2 Å². The Morgan fingerprint density at radius 1 is 1.07 bits per heavy atom. The molecule has 0 rings (SSSR count). The molecule has 1 unspecified atom stereocenters. The molecule has 0 amide bonds. The molecule has 0 spiro atoms. The molecule has 0 radical (unpaired) electrons. The number of hydrogen-bond donors (Lipinski definition) is 1. The van der Waals surface area contributed by atoms with Crippen molar-refractivity contribution in [3.05, 3.63) is 12.2 Å². The Morgan fingerprint density at radius 2 is 1.36 bits per heavy atom. The van der Waals surface area contributed by atoms with Crippen LogP contribution >= 0.6 is 0 Å². The van der Waals surface area contributed by atoms with Gasteiger partial charge in [0.25, 0.3) is 0 Å². The van der Waals surface area contributed by atoms with Crippen LogP contribution < -0.4 is 0 Å². The van der Waals surface area contributed by atoms with Gasteiger partial charge in [-0.25, -0.2) is 0 Å². The summed E-state index contributed by atoms with van der Waals surface area (Å²) < 4.78 is 71.4. The second-order valence-electron chi connectivity index (χ2n) is 2.85. The van der Waals surface area contributed by atoms with Crippen molar-refractivity contribution in [3.63, 3.8) is 0 Å². The van der Waals surface area contributed by atoms with Crippen molar-refractivity contribution in [1.29, 1.82) is 0 Å². The highest BCUT2D eigenvalue weighted by Gasteiger charge is 2.60. The fourth-order valence-electron chi connectivity index (χ4n) is 0.828. The molecule has 0 aliphatic heterocycles. The van der Waals surface area contributed by atoms with Crippen LogP contribution in [0.5, 0.6) is 0 Å². The molecule has 1 atom stereocenters. The van der Waals surface area contributed by atoms with Crippen LogP contribution in [0.15, 0.2) is 12.2 Å². The van der Waals surface area contributed by atoms with Crippen LogP contribution in [0.2, 0.25) is 0 Å². The monoisotopic (exact) mass is 222 g/mol. The minimum atomic E-state index is -5.53. The van der Waals surface area contributed by atoms with Crippen LogP contribution in [0.1, 0.15) is 6.92 Å². The van der Waals surface area contributed by atoms with Crippen molar-refractivity contribution in [2.24, 2.45) is 5.92 Å². The molecule has 1 N–H and O–H groups in total. The van der Waals surface area contributed by atoms with E-state index in [2.05, 4.69) is 6.58 Å². The maximum atomic E-state index is 11.9. The van der Waals surface area contributed by atoms with E-state index >= 15 is 0 Å². The lowest BCUT2D eigenvalue weighted by atomic mass is 9.96. The summed E-state index contributed by atoms with van der Waals surface area (Å²) in [5.74, 6) is -3.77. The molecule has 84 valence electrons. The van der Waals surface area contributed by atoms with Crippen molar-refractivity contribution >= 4 is 0 Å². The first-order chi connectivity index (χ1) is 5.98. The van der Waals surface area contributed by atoms with Gasteiger partial charge in [0.1, 0.15) is 0 Å². The lowest BCUT2D eigenvalue weighted by molar-refractivity contribution is -0.301. The Morgan fingerprint density at radius 3 is 1.43 bits per heavy atom. The first kappa shape index (κ1) is 13.3. The van der Waals surface area contributed by atoms with Gasteiger partial charge >= 0.3 is 12.4 Å². The van der Waals surface area contributed by atoms with Crippen molar-refractivity contribution in [2.75, 3.05) is 0 Å². The van der Waals surface area contributed by atoms with Crippen LogP contribution in [0.25, 0.3) is 0 Å². The molecule has 0 saturated heterocycles. The number of halogens is 6. The molecular weight excluding hydrogens is 214 g/mol. The van der Waals surface area contributed by atoms with Crippen LogP contribution in [0, 0.1) is 5.92 Å². The van der Waals surface area contributed by atoms with Crippen molar-refractivity contribution in [2.45, 2.75) is 25.4 Å². The highest BCUT2D eigenvalue weighted by molar-refractivity contribution is 5.03. The zero-order valence-electron chi connectivity index (χ0n) is 7.08. The molecule has 0 heterocycles. The molecule has 0 fully saturated rings. The third kappa shape index (κ3) is 3.21. The summed E-state index contributed by atoms with van der Waals surface area (Å²) in [7, 11) is 0. The fraction of sp³-hybridized carbons (Fsp3) is 0.714. The van der Waals surface area contributed by atoms with E-state index in [0.29, 0.717) is 0 Å². The summed E-state index contributed by atoms with van der Waals surface area (Å²) in [6.45, 7) is 3.75. The maximum absolute atomic E-state index is 11.9. The van der Waals surface area contributed by atoms with E-state index in [-0.39, 0.29) is 0 Å². The summed E-state index contributed by atoms with van der Waals surface area (Å²) in [6, 6.07) is 0. The Hall–Kier alpha value is -0.720. The van der Waals surface area contributed by atoms with Gasteiger partial charge in [0.2, 0.25) is 0 Å². The first-order valence-corrected chi connectivity index (χ1v) is 3.45. The van der Waals surface area contributed by atoms with E-state index in [9.17, 15) is 26.3 Å². The van der Waals surface area contributed by atoms with Gasteiger partial charge in [-0.2, -0.15) is 26.3 Å². The first-order valence-electron chi connectivity index (χ1n) is 3.45. The molecule has 0 bridgehead atoms. The average molecular weight is 222 g/mol. The van der Waals surface area contributed by atoms with Crippen molar-refractivity contribution < 1.29 is 31.4 Å². The minimum Gasteiger partial charge on any atom is -0.388 e. The molecule has 0 aliphatic rings. The number of aliphatic hydroxyl groups excluding tert-OH is 1. The number of rotatable bonds is 2. The average Bonchev–Trinajstić information content (AvgIpc) is 1.79. The van der Waals surface area contributed by atoms with E-state index in [4.69, 9.17) is 5.11 Å². The molecule has 0 aromatic carbocycles. The number of hydrogen-bond acceptors (Lipinski definition) is 1. The summed E-state index contributed by atoms with van der Waals surface area (Å²) in [5, 5.41) is 8.72. The van der Waals surface area contributed by atoms with Crippen LogP contribution in [-0.4, -0.2) is 23.6 Å². The Balaban J connectivity index is 5.03. The summed E-state index contributed by atoms with van der Waals surface area (Å²) >= 11 is 0. The molecule has 1 nitrogen and oxygen atoms in total. The molecule has 0 saturated carbocycles. The second-order valence-corrected chi connectivity index (χ2v) is 2.85. The predicted octanol–water partition coefficient (Wildman–Crippen LogP) is 2.66. The molecule has 7 heteroatoms. The highest BCUT2D eigenvalue weighted by Crippen LogP contribution is 2.42. The third-order valence-electron chi connectivity index (χ3n) is 1.53. The van der Waals surface area contributed by atoms with Gasteiger partial charge in [0.05, 0.1) is 6.10 Å². The van der Waals surface area contributed by atoms with E-state index in [1.165, 1.54) is 0 Å². The highest BCUT2D eigenvalue weighted by atomic mass is 19.4. The second kappa shape index (κ2) is 3.80. The van der Waals surface area contributed by atoms with E-state index in [0.717, 1.165) is 6.92 Å². The zero-order valence-corrected chi connectivity index (χ0v) is 7.08. The quantitative estimate of drug-likeness (QED) is 0.562. The Kier molecular flexibility index (Phi) is 3.60. The maximum Gasteiger partial charge on any atom is 0.403 e. The van der Waals surface area contributed by atoms with Crippen LogP contribution in [0.3, 0.4) is 0 Å². The number of aliphatic hydroxyl groups is 1. The standard InChI is InChI=1S/C7H8F6O/c1-3(2)4(14)5(6(8,9)10)7(11,12)13/h4-5,14H,1H2,2H3. The predicted molar refractivity (Wildman–Crippen MR) is 36.4 cm³/mol. The van der Waals surface area contributed by atoms with Gasteiger partial charge in [0.15, 0.2) is 5.92 Å². The largest absolute Gasteiger partial charge is 0.403 e. The van der Waals surface area contributed by atoms with Crippen LogP contribution in [-0.2, 0) is 0 Å². The van der Waals surface area contributed by atoms with Gasteiger partial charge in [-0.3, -0.25) is 0 Å². The SMILES string of the molecule is C=C(C)C(O)C(C(F)(F)F)C(F)(F)F. The molecule has 0 aromatic rings. The van der Waals surface area contributed by atoms with Crippen LogP contribution in [0.4, 0.5) is 26.3 Å².